The Hall–Kier alpha value is -4.19. The average Bonchev–Trinajstić information content (AvgIpc) is 2.89. The summed E-state index contributed by atoms with van der Waals surface area (Å²) in [7, 11) is 1.45. The lowest BCUT2D eigenvalue weighted by atomic mass is 9.92. The number of carbonyl (C=O) groups excluding carboxylic acids is 1. The molecule has 1 fully saturated rings. The van der Waals surface area contributed by atoms with Gasteiger partial charge in [0.15, 0.2) is 0 Å². The van der Waals surface area contributed by atoms with Gasteiger partial charge in [0.2, 0.25) is 0 Å². The first kappa shape index (κ1) is 27.8. The van der Waals surface area contributed by atoms with Crippen molar-refractivity contribution in [1.82, 2.24) is 14.7 Å². The van der Waals surface area contributed by atoms with Gasteiger partial charge in [0.05, 0.1) is 12.1 Å². The highest BCUT2D eigenvalue weighted by Gasteiger charge is 2.36. The van der Waals surface area contributed by atoms with Gasteiger partial charge in [-0.1, -0.05) is 42.3 Å². The third-order valence-electron chi connectivity index (χ3n) is 7.04. The monoisotopic (exact) mass is 529 g/mol. The summed E-state index contributed by atoms with van der Waals surface area (Å²) in [6.45, 7) is 3.33. The van der Waals surface area contributed by atoms with Crippen LogP contribution in [0.4, 0.5) is 4.39 Å². The van der Waals surface area contributed by atoms with Crippen LogP contribution in [0.2, 0.25) is 0 Å². The van der Waals surface area contributed by atoms with E-state index in [0.717, 1.165) is 21.6 Å². The van der Waals surface area contributed by atoms with Gasteiger partial charge in [-0.3, -0.25) is 19.4 Å². The molecule has 1 unspecified atom stereocenters. The molecule has 0 aliphatic carbocycles. The number of carboxylic acid groups (broad SMARTS) is 1. The molecule has 3 aromatic carbocycles. The molecule has 1 aliphatic heterocycles. The van der Waals surface area contributed by atoms with Crippen molar-refractivity contribution < 1.29 is 24.2 Å². The number of phenols is 1. The molecule has 202 valence electrons. The van der Waals surface area contributed by atoms with Gasteiger partial charge in [-0.2, -0.15) is 0 Å². The van der Waals surface area contributed by atoms with Gasteiger partial charge in [-0.15, -0.1) is 6.42 Å². The molecule has 0 bridgehead atoms. The molecule has 0 aromatic heterocycles. The first-order chi connectivity index (χ1) is 18.7. The number of hydrogen-bond acceptors (Lipinski definition) is 5. The molecule has 1 heterocycles. The van der Waals surface area contributed by atoms with Gasteiger partial charge in [-0.25, -0.2) is 4.39 Å². The maximum atomic E-state index is 13.8. The predicted molar refractivity (Wildman–Crippen MR) is 147 cm³/mol. The first-order valence-electron chi connectivity index (χ1n) is 12.7. The summed E-state index contributed by atoms with van der Waals surface area (Å²) >= 11 is 0. The van der Waals surface area contributed by atoms with E-state index in [9.17, 15) is 19.1 Å². The highest BCUT2D eigenvalue weighted by atomic mass is 19.1. The summed E-state index contributed by atoms with van der Waals surface area (Å²) in [5.41, 5.74) is 2.86. The average molecular weight is 530 g/mol. The van der Waals surface area contributed by atoms with Gasteiger partial charge < -0.3 is 15.1 Å². The van der Waals surface area contributed by atoms with Crippen LogP contribution < -0.4 is 0 Å². The lowest BCUT2D eigenvalue weighted by molar-refractivity contribution is -0.137. The lowest BCUT2D eigenvalue weighted by Gasteiger charge is -2.47. The highest BCUT2D eigenvalue weighted by Crippen LogP contribution is 2.35. The van der Waals surface area contributed by atoms with E-state index in [4.69, 9.17) is 11.5 Å². The molecule has 3 aromatic rings. The minimum absolute atomic E-state index is 0.0181. The standard InChI is InChI=1S/C31H32FN3O4/c1-4-27-19-35(21(2)17-34(27)18-22-8-5-12-26(32)14-22)30(24-10-7-13-28(36)16-24)23-9-6-11-25(15-23)31(39)33(3)20-29(37)38/h1,5-16,21,27,30,36H,17-20H2,2-3H3,(H,37,38)/t21?,27-,30-/m1/s1. The fourth-order valence-electron chi connectivity index (χ4n) is 5.24. The molecule has 0 spiro atoms. The number of phenolic OH excluding ortho intramolecular Hbond substituents is 1. The highest BCUT2D eigenvalue weighted by molar-refractivity contribution is 5.95. The van der Waals surface area contributed by atoms with Crippen LogP contribution in [-0.4, -0.2) is 75.6 Å². The molecule has 2 N–H and O–H groups in total. The van der Waals surface area contributed by atoms with E-state index in [0.29, 0.717) is 25.2 Å². The van der Waals surface area contributed by atoms with Crippen molar-refractivity contribution in [2.75, 3.05) is 26.7 Å². The van der Waals surface area contributed by atoms with Gasteiger partial charge >= 0.3 is 5.97 Å². The molecule has 0 radical (unpaired) electrons. The fraction of sp³-hybridized carbons (Fsp3) is 0.290. The Labute approximate surface area is 228 Å². The van der Waals surface area contributed by atoms with E-state index in [1.165, 1.54) is 19.2 Å². The van der Waals surface area contributed by atoms with Crippen LogP contribution in [0.1, 0.15) is 40.0 Å². The summed E-state index contributed by atoms with van der Waals surface area (Å²) in [6, 6.07) is 20.1. The summed E-state index contributed by atoms with van der Waals surface area (Å²) in [6.07, 6.45) is 5.99. The maximum absolute atomic E-state index is 13.8. The van der Waals surface area contributed by atoms with E-state index in [1.54, 1.807) is 42.5 Å². The van der Waals surface area contributed by atoms with Crippen LogP contribution in [0.3, 0.4) is 0 Å². The van der Waals surface area contributed by atoms with Gasteiger partial charge in [0.1, 0.15) is 18.1 Å². The largest absolute Gasteiger partial charge is 0.508 e. The quantitative estimate of drug-likeness (QED) is 0.430. The van der Waals surface area contributed by atoms with E-state index < -0.39 is 18.4 Å². The van der Waals surface area contributed by atoms with Crippen molar-refractivity contribution in [3.63, 3.8) is 0 Å². The Kier molecular flexibility index (Phi) is 8.65. The zero-order valence-electron chi connectivity index (χ0n) is 22.0. The summed E-state index contributed by atoms with van der Waals surface area (Å²) in [4.78, 5) is 29.7. The normalized spacial score (nSPS) is 18.7. The number of carboxylic acids is 1. The Balaban J connectivity index is 1.68. The molecule has 1 saturated heterocycles. The lowest BCUT2D eigenvalue weighted by Crippen LogP contribution is -2.57. The third-order valence-corrected chi connectivity index (χ3v) is 7.04. The zero-order chi connectivity index (χ0) is 28.1. The summed E-state index contributed by atoms with van der Waals surface area (Å²) in [5.74, 6) is 1.24. The number of nitrogens with zero attached hydrogens (tertiary/aromatic N) is 3. The zero-order valence-corrected chi connectivity index (χ0v) is 22.0. The van der Waals surface area contributed by atoms with Gasteiger partial charge in [0.25, 0.3) is 5.91 Å². The number of halogens is 1. The number of hydrogen-bond donors (Lipinski definition) is 2. The molecule has 1 amide bonds. The smallest absolute Gasteiger partial charge is 0.323 e. The molecule has 8 heteroatoms. The molecular weight excluding hydrogens is 497 g/mol. The number of benzene rings is 3. The number of terminal acetylenes is 1. The number of amides is 1. The Morgan fingerprint density at radius 2 is 1.77 bits per heavy atom. The maximum Gasteiger partial charge on any atom is 0.323 e. The van der Waals surface area contributed by atoms with Gasteiger partial charge in [0, 0.05) is 38.3 Å². The number of likely N-dealkylation sites (N-methyl/N-ethyl adjacent to an activating group) is 1. The minimum atomic E-state index is -1.09. The Morgan fingerprint density at radius 3 is 2.44 bits per heavy atom. The number of carbonyl (C=O) groups is 2. The molecule has 3 atom stereocenters. The Bertz CT molecular complexity index is 1390. The van der Waals surface area contributed by atoms with Crippen molar-refractivity contribution >= 4 is 11.9 Å². The molecule has 39 heavy (non-hydrogen) atoms. The molecule has 0 saturated carbocycles. The van der Waals surface area contributed by atoms with Crippen molar-refractivity contribution in [2.45, 2.75) is 31.6 Å². The van der Waals surface area contributed by atoms with E-state index >= 15 is 0 Å². The minimum Gasteiger partial charge on any atom is -0.508 e. The second-order valence-electron chi connectivity index (χ2n) is 9.97. The van der Waals surface area contributed by atoms with E-state index in [-0.39, 0.29) is 29.7 Å². The van der Waals surface area contributed by atoms with E-state index in [1.807, 2.05) is 18.2 Å². The SMILES string of the molecule is C#C[C@@H]1CN([C@@H](c2cccc(O)c2)c2cccc(C(=O)N(C)CC(=O)O)c2)C(C)CN1Cc1cccc(F)c1. The van der Waals surface area contributed by atoms with Gasteiger partial charge in [-0.05, 0) is 60.0 Å². The molecule has 7 nitrogen and oxygen atoms in total. The summed E-state index contributed by atoms with van der Waals surface area (Å²) in [5, 5.41) is 19.4. The van der Waals surface area contributed by atoms with Crippen LogP contribution in [0.5, 0.6) is 5.75 Å². The molecular formula is C31H32FN3O4. The van der Waals surface area contributed by atoms with Crippen LogP contribution in [0.25, 0.3) is 0 Å². The fourth-order valence-corrected chi connectivity index (χ4v) is 5.24. The number of piperazine rings is 1. The van der Waals surface area contributed by atoms with Crippen molar-refractivity contribution in [1.29, 1.82) is 0 Å². The third kappa shape index (κ3) is 6.63. The number of aliphatic carboxylic acids is 1. The van der Waals surface area contributed by atoms with Crippen LogP contribution >= 0.6 is 0 Å². The first-order valence-corrected chi connectivity index (χ1v) is 12.7. The number of aromatic hydroxyl groups is 1. The van der Waals surface area contributed by atoms with Crippen LogP contribution in [0, 0.1) is 18.2 Å². The molecule has 4 rings (SSSR count). The van der Waals surface area contributed by atoms with Crippen molar-refractivity contribution in [3.05, 3.63) is 101 Å². The Morgan fingerprint density at radius 1 is 1.08 bits per heavy atom. The van der Waals surface area contributed by atoms with Crippen LogP contribution in [0.15, 0.2) is 72.8 Å². The second-order valence-corrected chi connectivity index (χ2v) is 9.97. The number of rotatable bonds is 8. The van der Waals surface area contributed by atoms with Crippen molar-refractivity contribution in [2.24, 2.45) is 0 Å². The topological polar surface area (TPSA) is 84.3 Å². The second kappa shape index (κ2) is 12.1. The van der Waals surface area contributed by atoms with Crippen molar-refractivity contribution in [3.8, 4) is 18.1 Å². The predicted octanol–water partition coefficient (Wildman–Crippen LogP) is 3.99. The molecule has 1 aliphatic rings. The van der Waals surface area contributed by atoms with Crippen LogP contribution in [-0.2, 0) is 11.3 Å². The van der Waals surface area contributed by atoms with E-state index in [2.05, 4.69) is 22.6 Å². The summed E-state index contributed by atoms with van der Waals surface area (Å²) < 4.78 is 13.8.